The highest BCUT2D eigenvalue weighted by Gasteiger charge is 2.12. The van der Waals surface area contributed by atoms with Crippen molar-refractivity contribution in [1.29, 1.82) is 0 Å². The topological polar surface area (TPSA) is 12.5 Å². The monoisotopic (exact) mass is 267 g/mol. The van der Waals surface area contributed by atoms with Gasteiger partial charge in [0.2, 0.25) is 0 Å². The molecule has 2 nitrogen and oxygen atoms in total. The molecule has 15 heavy (non-hydrogen) atoms. The van der Waals surface area contributed by atoms with Crippen molar-refractivity contribution in [2.75, 3.05) is 44.4 Å². The molecule has 1 rings (SSSR count). The highest BCUT2D eigenvalue weighted by Crippen LogP contribution is 2.28. The first-order chi connectivity index (χ1) is 7.08. The van der Waals surface area contributed by atoms with Gasteiger partial charge in [0.15, 0.2) is 0 Å². The smallest absolute Gasteiger partial charge is 0.0594 e. The van der Waals surface area contributed by atoms with E-state index < -0.39 is 0 Å². The van der Waals surface area contributed by atoms with E-state index in [0.29, 0.717) is 0 Å². The Morgan fingerprint density at radius 2 is 1.93 bits per heavy atom. The van der Waals surface area contributed by atoms with Crippen molar-refractivity contribution in [2.24, 2.45) is 0 Å². The molecule has 0 N–H and O–H groups in total. The fourth-order valence-electron chi connectivity index (χ4n) is 1.24. The quantitative estimate of drug-likeness (QED) is 0.450. The molecule has 0 aromatic carbocycles. The first kappa shape index (κ1) is 14.0. The number of ether oxygens (including phenoxy) is 1. The van der Waals surface area contributed by atoms with Gasteiger partial charge in [-0.05, 0) is 0 Å². The minimum Gasteiger partial charge on any atom is -0.379 e. The summed E-state index contributed by atoms with van der Waals surface area (Å²) in [5, 5.41) is 0. The predicted octanol–water partition coefficient (Wildman–Crippen LogP) is 2.41. The standard InChI is InChI=1S/C10H21NOS3/c1-10(2,13)9-15-14-8-5-11-3-6-12-7-4-11/h13H,3-9H2,1-2H3. The van der Waals surface area contributed by atoms with Crippen molar-refractivity contribution in [3.05, 3.63) is 0 Å². The molecule has 0 aromatic rings. The van der Waals surface area contributed by atoms with Crippen LogP contribution >= 0.6 is 34.2 Å². The number of morpholine rings is 1. The van der Waals surface area contributed by atoms with Crippen molar-refractivity contribution in [2.45, 2.75) is 18.6 Å². The molecule has 1 saturated heterocycles. The van der Waals surface area contributed by atoms with Crippen LogP contribution in [0.1, 0.15) is 13.8 Å². The van der Waals surface area contributed by atoms with E-state index in [0.717, 1.165) is 32.1 Å². The molecular weight excluding hydrogens is 246 g/mol. The molecular formula is C10H21NOS3. The molecule has 1 fully saturated rings. The van der Waals surface area contributed by atoms with Gasteiger partial charge in [0.25, 0.3) is 0 Å². The van der Waals surface area contributed by atoms with Crippen LogP contribution in [0.3, 0.4) is 0 Å². The fourth-order valence-corrected chi connectivity index (χ4v) is 4.22. The zero-order valence-corrected chi connectivity index (χ0v) is 12.1. The van der Waals surface area contributed by atoms with Crippen LogP contribution in [0.25, 0.3) is 0 Å². The molecule has 0 saturated carbocycles. The van der Waals surface area contributed by atoms with Gasteiger partial charge < -0.3 is 4.74 Å². The Morgan fingerprint density at radius 1 is 1.27 bits per heavy atom. The molecule has 0 bridgehead atoms. The second-order valence-electron chi connectivity index (χ2n) is 4.35. The van der Waals surface area contributed by atoms with Gasteiger partial charge in [0.1, 0.15) is 0 Å². The van der Waals surface area contributed by atoms with E-state index in [-0.39, 0.29) is 4.75 Å². The molecule has 0 spiro atoms. The van der Waals surface area contributed by atoms with Crippen LogP contribution in [0.5, 0.6) is 0 Å². The van der Waals surface area contributed by atoms with Crippen LogP contribution in [0.4, 0.5) is 0 Å². The summed E-state index contributed by atoms with van der Waals surface area (Å²) in [6, 6.07) is 0. The van der Waals surface area contributed by atoms with Crippen LogP contribution in [0.2, 0.25) is 0 Å². The molecule has 0 aliphatic carbocycles. The Kier molecular flexibility index (Phi) is 6.85. The SMILES string of the molecule is CC(C)(S)CSSCCN1CCOCC1. The van der Waals surface area contributed by atoms with Crippen LogP contribution < -0.4 is 0 Å². The average molecular weight is 267 g/mol. The van der Waals surface area contributed by atoms with E-state index in [9.17, 15) is 0 Å². The van der Waals surface area contributed by atoms with E-state index in [1.807, 2.05) is 21.6 Å². The molecule has 90 valence electrons. The zero-order chi connectivity index (χ0) is 11.1. The summed E-state index contributed by atoms with van der Waals surface area (Å²) in [5.74, 6) is 2.30. The van der Waals surface area contributed by atoms with Gasteiger partial charge >= 0.3 is 0 Å². The Bertz CT molecular complexity index is 167. The molecule has 0 atom stereocenters. The Hall–Kier alpha value is 0.970. The summed E-state index contributed by atoms with van der Waals surface area (Å²) < 4.78 is 5.46. The summed E-state index contributed by atoms with van der Waals surface area (Å²) in [6.45, 7) is 9.51. The fraction of sp³-hybridized carbons (Fsp3) is 1.00. The lowest BCUT2D eigenvalue weighted by molar-refractivity contribution is 0.0410. The summed E-state index contributed by atoms with van der Waals surface area (Å²) in [7, 11) is 3.89. The lowest BCUT2D eigenvalue weighted by Crippen LogP contribution is -2.37. The highest BCUT2D eigenvalue weighted by atomic mass is 33.1. The number of hydrogen-bond donors (Lipinski definition) is 1. The van der Waals surface area contributed by atoms with Crippen LogP contribution in [0, 0.1) is 0 Å². The van der Waals surface area contributed by atoms with Crippen molar-refractivity contribution >= 4 is 34.2 Å². The summed E-state index contributed by atoms with van der Waals surface area (Å²) in [6.07, 6.45) is 0. The largest absolute Gasteiger partial charge is 0.379 e. The lowest BCUT2D eigenvalue weighted by Gasteiger charge is -2.26. The molecule has 5 heteroatoms. The van der Waals surface area contributed by atoms with Gasteiger partial charge in [0, 0.05) is 35.9 Å². The van der Waals surface area contributed by atoms with Gasteiger partial charge in [-0.15, -0.1) is 0 Å². The maximum absolute atomic E-state index is 5.31. The minimum atomic E-state index is 0.149. The first-order valence-corrected chi connectivity index (χ1v) is 8.28. The van der Waals surface area contributed by atoms with E-state index in [1.54, 1.807) is 0 Å². The molecule has 0 unspecified atom stereocenters. The third kappa shape index (κ3) is 7.80. The van der Waals surface area contributed by atoms with Crippen molar-refractivity contribution in [3.63, 3.8) is 0 Å². The van der Waals surface area contributed by atoms with Gasteiger partial charge in [-0.1, -0.05) is 35.4 Å². The Labute approximate surface area is 107 Å². The highest BCUT2D eigenvalue weighted by molar-refractivity contribution is 8.76. The summed E-state index contributed by atoms with van der Waals surface area (Å²) in [5.41, 5.74) is 0. The van der Waals surface area contributed by atoms with Crippen molar-refractivity contribution in [1.82, 2.24) is 4.90 Å². The van der Waals surface area contributed by atoms with E-state index in [1.165, 1.54) is 12.3 Å². The minimum absolute atomic E-state index is 0.149. The molecule has 1 heterocycles. The first-order valence-electron chi connectivity index (χ1n) is 5.35. The second kappa shape index (κ2) is 7.33. The molecule has 1 aliphatic rings. The van der Waals surface area contributed by atoms with E-state index >= 15 is 0 Å². The van der Waals surface area contributed by atoms with Gasteiger partial charge in [-0.3, -0.25) is 4.90 Å². The average Bonchev–Trinajstić information content (AvgIpc) is 2.17. The predicted molar refractivity (Wildman–Crippen MR) is 75.2 cm³/mol. The molecule has 0 amide bonds. The Morgan fingerprint density at radius 3 is 2.53 bits per heavy atom. The van der Waals surface area contributed by atoms with Crippen molar-refractivity contribution in [3.8, 4) is 0 Å². The maximum atomic E-state index is 5.31. The van der Waals surface area contributed by atoms with Crippen LogP contribution in [-0.2, 0) is 4.74 Å². The van der Waals surface area contributed by atoms with Gasteiger partial charge in [-0.2, -0.15) is 12.6 Å². The maximum Gasteiger partial charge on any atom is 0.0594 e. The second-order valence-corrected chi connectivity index (χ2v) is 8.14. The number of thiol groups is 1. The van der Waals surface area contributed by atoms with Crippen LogP contribution in [-0.4, -0.2) is 54.0 Å². The number of rotatable bonds is 6. The third-order valence-corrected chi connectivity index (χ3v) is 5.17. The number of hydrogen-bond acceptors (Lipinski definition) is 5. The number of nitrogens with zero attached hydrogens (tertiary/aromatic N) is 1. The molecule has 0 aromatic heterocycles. The summed E-state index contributed by atoms with van der Waals surface area (Å²) >= 11 is 4.50. The lowest BCUT2D eigenvalue weighted by atomic mass is 10.2. The van der Waals surface area contributed by atoms with E-state index in [2.05, 4.69) is 31.4 Å². The van der Waals surface area contributed by atoms with E-state index in [4.69, 9.17) is 4.74 Å². The molecule has 0 radical (unpaired) electrons. The van der Waals surface area contributed by atoms with Gasteiger partial charge in [-0.25, -0.2) is 0 Å². The van der Waals surface area contributed by atoms with Crippen molar-refractivity contribution < 1.29 is 4.74 Å². The Balaban J connectivity index is 1.92. The van der Waals surface area contributed by atoms with Crippen LogP contribution in [0.15, 0.2) is 0 Å². The molecule has 1 aliphatic heterocycles. The normalized spacial score (nSPS) is 19.4. The summed E-state index contributed by atoms with van der Waals surface area (Å²) in [4.78, 5) is 2.48. The zero-order valence-electron chi connectivity index (χ0n) is 9.57. The third-order valence-electron chi connectivity index (χ3n) is 2.09. The van der Waals surface area contributed by atoms with Gasteiger partial charge in [0.05, 0.1) is 13.2 Å².